The predicted octanol–water partition coefficient (Wildman–Crippen LogP) is 2.30. The fourth-order valence-corrected chi connectivity index (χ4v) is 2.05. The second-order valence-corrected chi connectivity index (χ2v) is 5.42. The van der Waals surface area contributed by atoms with Gasteiger partial charge in [0.25, 0.3) is 0 Å². The van der Waals surface area contributed by atoms with Crippen LogP contribution in [-0.4, -0.2) is 27.4 Å². The second kappa shape index (κ2) is 5.46. The number of hydrogen-bond donors (Lipinski definition) is 2. The fourth-order valence-electron chi connectivity index (χ4n) is 1.52. The zero-order chi connectivity index (χ0) is 14.0. The second-order valence-electron chi connectivity index (χ2n) is 4.55. The minimum Gasteiger partial charge on any atom is -0.388 e. The molecule has 2 rings (SSSR count). The van der Waals surface area contributed by atoms with Crippen molar-refractivity contribution in [2.45, 2.75) is 18.9 Å². The molecule has 1 aromatic heterocycles. The van der Waals surface area contributed by atoms with Crippen molar-refractivity contribution < 1.29 is 9.63 Å². The zero-order valence-corrected chi connectivity index (χ0v) is 11.7. The Balaban J connectivity index is 2.25. The Morgan fingerprint density at radius 2 is 1.95 bits per heavy atom. The van der Waals surface area contributed by atoms with E-state index in [1.807, 2.05) is 0 Å². The molecular formula is C12H13Cl2N3O2. The highest BCUT2D eigenvalue weighted by atomic mass is 35.5. The summed E-state index contributed by atoms with van der Waals surface area (Å²) in [6, 6.07) is 4.99. The van der Waals surface area contributed by atoms with Crippen LogP contribution in [0.25, 0.3) is 11.4 Å². The van der Waals surface area contributed by atoms with Crippen molar-refractivity contribution >= 4 is 23.2 Å². The molecule has 0 amide bonds. The smallest absolute Gasteiger partial charge is 0.229 e. The predicted molar refractivity (Wildman–Crippen MR) is 73.1 cm³/mol. The van der Waals surface area contributed by atoms with E-state index in [-0.39, 0.29) is 13.0 Å². The van der Waals surface area contributed by atoms with E-state index in [9.17, 15) is 5.11 Å². The number of aliphatic hydroxyl groups is 1. The molecule has 19 heavy (non-hydrogen) atoms. The largest absolute Gasteiger partial charge is 0.388 e. The topological polar surface area (TPSA) is 85.2 Å². The van der Waals surface area contributed by atoms with Crippen LogP contribution in [0.15, 0.2) is 22.7 Å². The Morgan fingerprint density at radius 3 is 2.53 bits per heavy atom. The maximum absolute atomic E-state index is 9.85. The molecular weight excluding hydrogens is 289 g/mol. The Morgan fingerprint density at radius 1 is 1.32 bits per heavy atom. The van der Waals surface area contributed by atoms with Gasteiger partial charge in [-0.3, -0.25) is 0 Å². The average Bonchev–Trinajstić information content (AvgIpc) is 2.75. The molecule has 7 heteroatoms. The molecule has 1 unspecified atom stereocenters. The van der Waals surface area contributed by atoms with Gasteiger partial charge in [-0.1, -0.05) is 28.4 Å². The molecule has 0 aliphatic heterocycles. The average molecular weight is 302 g/mol. The summed E-state index contributed by atoms with van der Waals surface area (Å²) in [6.07, 6.45) is 0.185. The summed E-state index contributed by atoms with van der Waals surface area (Å²) in [5, 5.41) is 14.7. The maximum atomic E-state index is 9.85. The molecule has 0 aliphatic carbocycles. The molecule has 102 valence electrons. The van der Waals surface area contributed by atoms with Crippen molar-refractivity contribution in [1.82, 2.24) is 10.1 Å². The van der Waals surface area contributed by atoms with Crippen molar-refractivity contribution in [2.24, 2.45) is 5.73 Å². The highest BCUT2D eigenvalue weighted by Gasteiger charge is 2.23. The van der Waals surface area contributed by atoms with E-state index >= 15 is 0 Å². The van der Waals surface area contributed by atoms with Crippen LogP contribution in [0.2, 0.25) is 10.0 Å². The molecule has 0 spiro atoms. The molecule has 0 saturated carbocycles. The molecule has 3 N–H and O–H groups in total. The van der Waals surface area contributed by atoms with Crippen LogP contribution >= 0.6 is 23.2 Å². The normalized spacial score (nSPS) is 14.4. The summed E-state index contributed by atoms with van der Waals surface area (Å²) in [7, 11) is 0. The Hall–Kier alpha value is -1.14. The third-order valence-electron chi connectivity index (χ3n) is 2.56. The third-order valence-corrected chi connectivity index (χ3v) is 3.00. The summed E-state index contributed by atoms with van der Waals surface area (Å²) >= 11 is 11.8. The van der Waals surface area contributed by atoms with Crippen molar-refractivity contribution in [3.05, 3.63) is 34.1 Å². The van der Waals surface area contributed by atoms with Gasteiger partial charge in [-0.25, -0.2) is 0 Å². The number of benzene rings is 1. The fraction of sp³-hybridized carbons (Fsp3) is 0.333. The Labute approximate surface area is 120 Å². The molecule has 1 aromatic carbocycles. The molecule has 0 bridgehead atoms. The lowest BCUT2D eigenvalue weighted by Gasteiger charge is -2.17. The summed E-state index contributed by atoms with van der Waals surface area (Å²) in [5.41, 5.74) is 5.02. The van der Waals surface area contributed by atoms with Gasteiger partial charge in [0.15, 0.2) is 0 Å². The highest BCUT2D eigenvalue weighted by Crippen LogP contribution is 2.25. The van der Waals surface area contributed by atoms with Crippen LogP contribution in [0, 0.1) is 0 Å². The molecule has 0 aliphatic rings. The van der Waals surface area contributed by atoms with Gasteiger partial charge in [-0.2, -0.15) is 4.98 Å². The van der Waals surface area contributed by atoms with E-state index in [1.165, 1.54) is 0 Å². The van der Waals surface area contributed by atoms with Gasteiger partial charge in [0.1, 0.15) is 0 Å². The first-order valence-corrected chi connectivity index (χ1v) is 6.37. The van der Waals surface area contributed by atoms with Crippen LogP contribution in [-0.2, 0) is 6.42 Å². The van der Waals surface area contributed by atoms with Crippen LogP contribution in [0.5, 0.6) is 0 Å². The molecule has 0 fully saturated rings. The number of halogens is 2. The van der Waals surface area contributed by atoms with Gasteiger partial charge in [0, 0.05) is 22.2 Å². The van der Waals surface area contributed by atoms with E-state index in [2.05, 4.69) is 10.1 Å². The molecule has 1 atom stereocenters. The number of nitrogens with zero attached hydrogens (tertiary/aromatic N) is 2. The number of nitrogens with two attached hydrogens (primary N) is 1. The lowest BCUT2D eigenvalue weighted by Crippen LogP contribution is -2.36. The van der Waals surface area contributed by atoms with E-state index in [4.69, 9.17) is 33.5 Å². The maximum Gasteiger partial charge on any atom is 0.229 e. The van der Waals surface area contributed by atoms with Gasteiger partial charge >= 0.3 is 0 Å². The van der Waals surface area contributed by atoms with Crippen molar-refractivity contribution in [3.63, 3.8) is 0 Å². The third kappa shape index (κ3) is 3.67. The molecule has 2 aromatic rings. The Bertz CT molecular complexity index is 564. The van der Waals surface area contributed by atoms with Gasteiger partial charge in [0.05, 0.1) is 12.0 Å². The van der Waals surface area contributed by atoms with Gasteiger partial charge in [-0.15, -0.1) is 0 Å². The van der Waals surface area contributed by atoms with Crippen LogP contribution in [0.4, 0.5) is 0 Å². The van der Waals surface area contributed by atoms with E-state index < -0.39 is 5.60 Å². The van der Waals surface area contributed by atoms with E-state index in [1.54, 1.807) is 25.1 Å². The van der Waals surface area contributed by atoms with Crippen LogP contribution in [0.1, 0.15) is 12.8 Å². The van der Waals surface area contributed by atoms with Gasteiger partial charge in [-0.05, 0) is 25.1 Å². The number of aromatic nitrogens is 2. The van der Waals surface area contributed by atoms with Gasteiger partial charge < -0.3 is 15.4 Å². The molecule has 0 radical (unpaired) electrons. The molecule has 1 heterocycles. The summed E-state index contributed by atoms with van der Waals surface area (Å²) < 4.78 is 5.07. The zero-order valence-electron chi connectivity index (χ0n) is 10.2. The van der Waals surface area contributed by atoms with Gasteiger partial charge in [0.2, 0.25) is 11.7 Å². The van der Waals surface area contributed by atoms with Crippen molar-refractivity contribution in [3.8, 4) is 11.4 Å². The first-order valence-electron chi connectivity index (χ1n) is 5.61. The quantitative estimate of drug-likeness (QED) is 0.905. The van der Waals surface area contributed by atoms with Crippen molar-refractivity contribution in [2.75, 3.05) is 6.54 Å². The number of rotatable bonds is 4. The minimum absolute atomic E-state index is 0.105. The van der Waals surface area contributed by atoms with Crippen LogP contribution < -0.4 is 5.73 Å². The standard InChI is InChI=1S/C12H13Cl2N3O2/c1-12(18,6-15)5-10-16-11(17-19-10)7-2-8(13)4-9(14)3-7/h2-4,18H,5-6,15H2,1H3. The lowest BCUT2D eigenvalue weighted by atomic mass is 10.0. The SMILES string of the molecule is CC(O)(CN)Cc1nc(-c2cc(Cl)cc(Cl)c2)no1. The summed E-state index contributed by atoms with van der Waals surface area (Å²) in [6.45, 7) is 1.71. The molecule has 0 saturated heterocycles. The summed E-state index contributed by atoms with van der Waals surface area (Å²) in [4.78, 5) is 4.19. The minimum atomic E-state index is -1.07. The lowest BCUT2D eigenvalue weighted by molar-refractivity contribution is 0.0610. The first-order chi connectivity index (χ1) is 8.89. The highest BCUT2D eigenvalue weighted by molar-refractivity contribution is 6.35. The molecule has 5 nitrogen and oxygen atoms in total. The van der Waals surface area contributed by atoms with E-state index in [0.29, 0.717) is 27.3 Å². The van der Waals surface area contributed by atoms with Crippen molar-refractivity contribution in [1.29, 1.82) is 0 Å². The first kappa shape index (κ1) is 14.3. The van der Waals surface area contributed by atoms with Crippen LogP contribution in [0.3, 0.4) is 0 Å². The Kier molecular flexibility index (Phi) is 4.10. The van der Waals surface area contributed by atoms with E-state index in [0.717, 1.165) is 0 Å². The monoisotopic (exact) mass is 301 g/mol. The number of hydrogen-bond acceptors (Lipinski definition) is 5. The summed E-state index contributed by atoms with van der Waals surface area (Å²) in [5.74, 6) is 0.675.